The topological polar surface area (TPSA) is 32.6 Å². The maximum Gasteiger partial charge on any atom is 0.132 e. The monoisotopic (exact) mass is 349 g/mol. The van der Waals surface area contributed by atoms with Crippen LogP contribution in [0.1, 0.15) is 5.56 Å². The lowest BCUT2D eigenvalue weighted by molar-refractivity contribution is 0.481. The number of phenols is 1. The molecular weight excluding hydrogens is 341 g/mol. The Balaban J connectivity index is 2.05. The minimum absolute atomic E-state index is 0.169. The minimum Gasteiger partial charge on any atom is -0.507 e. The molecule has 0 aliphatic carbocycles. The van der Waals surface area contributed by atoms with E-state index in [9.17, 15) is 5.11 Å². The summed E-state index contributed by atoms with van der Waals surface area (Å²) in [5.74, 6) is 0.169. The van der Waals surface area contributed by atoms with E-state index in [0.717, 1.165) is 10.8 Å². The summed E-state index contributed by atoms with van der Waals surface area (Å²) < 4.78 is 0. The van der Waals surface area contributed by atoms with Gasteiger partial charge in [0.2, 0.25) is 0 Å². The molecule has 0 bridgehead atoms. The number of halogens is 3. The van der Waals surface area contributed by atoms with Crippen LogP contribution in [0.25, 0.3) is 10.8 Å². The van der Waals surface area contributed by atoms with Crippen LogP contribution >= 0.6 is 34.8 Å². The molecule has 0 aliphatic rings. The van der Waals surface area contributed by atoms with Crippen LogP contribution in [-0.4, -0.2) is 11.3 Å². The number of hydrogen-bond donors (Lipinski definition) is 1. The van der Waals surface area contributed by atoms with Crippen molar-refractivity contribution in [3.8, 4) is 5.75 Å². The van der Waals surface area contributed by atoms with E-state index in [4.69, 9.17) is 34.8 Å². The highest BCUT2D eigenvalue weighted by atomic mass is 35.5. The standard InChI is InChI=1S/C17H10Cl3NO/c18-12-7-14(19)16(15(20)8-12)21-9-11-6-5-10-3-1-2-4-13(10)17(11)22/h1-9,22H. The largest absolute Gasteiger partial charge is 0.507 e. The third-order valence-electron chi connectivity index (χ3n) is 3.25. The summed E-state index contributed by atoms with van der Waals surface area (Å²) >= 11 is 18.1. The third kappa shape index (κ3) is 2.91. The van der Waals surface area contributed by atoms with Crippen LogP contribution in [0.3, 0.4) is 0 Å². The number of fused-ring (bicyclic) bond motifs is 1. The van der Waals surface area contributed by atoms with Crippen LogP contribution in [0.5, 0.6) is 5.75 Å². The molecule has 0 saturated heterocycles. The van der Waals surface area contributed by atoms with Crippen LogP contribution in [0.2, 0.25) is 15.1 Å². The van der Waals surface area contributed by atoms with Crippen molar-refractivity contribution in [2.45, 2.75) is 0 Å². The van der Waals surface area contributed by atoms with Gasteiger partial charge >= 0.3 is 0 Å². The summed E-state index contributed by atoms with van der Waals surface area (Å²) in [5.41, 5.74) is 1.00. The maximum atomic E-state index is 10.3. The summed E-state index contributed by atoms with van der Waals surface area (Å²) in [7, 11) is 0. The van der Waals surface area contributed by atoms with E-state index >= 15 is 0 Å². The van der Waals surface area contributed by atoms with Gasteiger partial charge in [-0.25, -0.2) is 0 Å². The van der Waals surface area contributed by atoms with Crippen LogP contribution in [0.4, 0.5) is 5.69 Å². The van der Waals surface area contributed by atoms with Crippen LogP contribution in [0.15, 0.2) is 53.5 Å². The molecule has 0 heterocycles. The van der Waals surface area contributed by atoms with Gasteiger partial charge in [0.05, 0.1) is 10.0 Å². The predicted octanol–water partition coefficient (Wildman–Crippen LogP) is 6.26. The van der Waals surface area contributed by atoms with Crippen LogP contribution in [0, 0.1) is 0 Å². The van der Waals surface area contributed by atoms with Gasteiger partial charge in [0.1, 0.15) is 11.4 Å². The predicted molar refractivity (Wildman–Crippen MR) is 94.3 cm³/mol. The number of phenolic OH excluding ortho intramolecular Hbond substituents is 1. The third-order valence-corrected chi connectivity index (χ3v) is 4.04. The van der Waals surface area contributed by atoms with E-state index in [1.54, 1.807) is 18.2 Å². The average molecular weight is 351 g/mol. The molecule has 0 atom stereocenters. The van der Waals surface area contributed by atoms with E-state index in [0.29, 0.717) is 26.3 Å². The molecule has 0 fully saturated rings. The van der Waals surface area contributed by atoms with Gasteiger partial charge in [0.25, 0.3) is 0 Å². The van der Waals surface area contributed by atoms with Crippen LogP contribution in [-0.2, 0) is 0 Å². The van der Waals surface area contributed by atoms with Gasteiger partial charge in [-0.1, -0.05) is 65.1 Å². The lowest BCUT2D eigenvalue weighted by Crippen LogP contribution is -1.84. The maximum absolute atomic E-state index is 10.3. The molecule has 1 N–H and O–H groups in total. The average Bonchev–Trinajstić information content (AvgIpc) is 2.48. The molecule has 3 aromatic carbocycles. The number of aromatic hydroxyl groups is 1. The SMILES string of the molecule is Oc1c(C=Nc2c(Cl)cc(Cl)cc2Cl)ccc2ccccc12. The van der Waals surface area contributed by atoms with Gasteiger partial charge in [-0.2, -0.15) is 0 Å². The van der Waals surface area contributed by atoms with Crippen molar-refractivity contribution in [2.75, 3.05) is 0 Å². The number of aliphatic imine (C=N–C) groups is 1. The first-order chi connectivity index (χ1) is 10.6. The molecule has 3 rings (SSSR count). The molecule has 0 aliphatic heterocycles. The van der Waals surface area contributed by atoms with Gasteiger partial charge in [-0.05, 0) is 23.6 Å². The molecule has 0 amide bonds. The van der Waals surface area contributed by atoms with Crippen molar-refractivity contribution in [1.82, 2.24) is 0 Å². The van der Waals surface area contributed by atoms with E-state index in [-0.39, 0.29) is 5.75 Å². The zero-order valence-corrected chi connectivity index (χ0v) is 13.5. The lowest BCUT2D eigenvalue weighted by atomic mass is 10.1. The Labute approximate surface area is 142 Å². The minimum atomic E-state index is 0.169. The van der Waals surface area contributed by atoms with Crippen molar-refractivity contribution < 1.29 is 5.11 Å². The zero-order chi connectivity index (χ0) is 15.7. The molecule has 5 heteroatoms. The van der Waals surface area contributed by atoms with Gasteiger partial charge in [0, 0.05) is 22.2 Å². The van der Waals surface area contributed by atoms with E-state index < -0.39 is 0 Å². The Bertz CT molecular complexity index is 867. The molecule has 3 aromatic rings. The molecule has 110 valence electrons. The lowest BCUT2D eigenvalue weighted by Gasteiger charge is -2.05. The van der Waals surface area contributed by atoms with E-state index in [2.05, 4.69) is 4.99 Å². The molecule has 2 nitrogen and oxygen atoms in total. The summed E-state index contributed by atoms with van der Waals surface area (Å²) in [5, 5.41) is 13.2. The van der Waals surface area contributed by atoms with E-state index in [1.165, 1.54) is 6.21 Å². The Morgan fingerprint density at radius 1 is 0.909 bits per heavy atom. The first kappa shape index (κ1) is 15.2. The fourth-order valence-electron chi connectivity index (χ4n) is 2.17. The molecular formula is C17H10Cl3NO. The second kappa shape index (κ2) is 6.17. The highest BCUT2D eigenvalue weighted by molar-refractivity contribution is 6.41. The second-order valence-corrected chi connectivity index (χ2v) is 5.95. The van der Waals surface area contributed by atoms with Gasteiger partial charge < -0.3 is 5.11 Å². The molecule has 0 aromatic heterocycles. The fourth-order valence-corrected chi connectivity index (χ4v) is 3.08. The number of benzene rings is 3. The summed E-state index contributed by atoms with van der Waals surface area (Å²) in [6, 6.07) is 14.4. The number of hydrogen-bond acceptors (Lipinski definition) is 2. The Hall–Kier alpha value is -1.74. The van der Waals surface area contributed by atoms with Gasteiger partial charge in [-0.15, -0.1) is 0 Å². The first-order valence-corrected chi connectivity index (χ1v) is 7.59. The van der Waals surface area contributed by atoms with Gasteiger partial charge in [0.15, 0.2) is 0 Å². The molecule has 0 spiro atoms. The summed E-state index contributed by atoms with van der Waals surface area (Å²) in [6.45, 7) is 0. The second-order valence-electron chi connectivity index (χ2n) is 4.70. The van der Waals surface area contributed by atoms with Crippen molar-refractivity contribution >= 4 is 57.5 Å². The fraction of sp³-hybridized carbons (Fsp3) is 0. The summed E-state index contributed by atoms with van der Waals surface area (Å²) in [4.78, 5) is 4.28. The number of nitrogens with zero attached hydrogens (tertiary/aromatic N) is 1. The van der Waals surface area contributed by atoms with Crippen molar-refractivity contribution in [2.24, 2.45) is 4.99 Å². The molecule has 0 radical (unpaired) electrons. The Morgan fingerprint density at radius 3 is 2.32 bits per heavy atom. The van der Waals surface area contributed by atoms with Crippen molar-refractivity contribution in [1.29, 1.82) is 0 Å². The molecule has 0 saturated carbocycles. The molecule has 0 unspecified atom stereocenters. The zero-order valence-electron chi connectivity index (χ0n) is 11.2. The quantitative estimate of drug-likeness (QED) is 0.544. The van der Waals surface area contributed by atoms with Crippen LogP contribution < -0.4 is 0 Å². The van der Waals surface area contributed by atoms with Crippen molar-refractivity contribution in [3.63, 3.8) is 0 Å². The van der Waals surface area contributed by atoms with Gasteiger partial charge in [-0.3, -0.25) is 4.99 Å². The normalized spacial score (nSPS) is 11.4. The Morgan fingerprint density at radius 2 is 1.59 bits per heavy atom. The number of rotatable bonds is 2. The highest BCUT2D eigenvalue weighted by Gasteiger charge is 2.08. The Kier molecular flexibility index (Phi) is 4.25. The van der Waals surface area contributed by atoms with E-state index in [1.807, 2.05) is 30.3 Å². The first-order valence-electron chi connectivity index (χ1n) is 6.45. The van der Waals surface area contributed by atoms with Crippen molar-refractivity contribution in [3.05, 3.63) is 69.2 Å². The smallest absolute Gasteiger partial charge is 0.132 e. The molecule has 22 heavy (non-hydrogen) atoms. The summed E-state index contributed by atoms with van der Waals surface area (Å²) in [6.07, 6.45) is 1.53. The highest BCUT2D eigenvalue weighted by Crippen LogP contribution is 2.36.